The van der Waals surface area contributed by atoms with Crippen LogP contribution in [0.15, 0.2) is 36.7 Å². The summed E-state index contributed by atoms with van der Waals surface area (Å²) in [7, 11) is 0. The van der Waals surface area contributed by atoms with Crippen molar-refractivity contribution >= 4 is 5.69 Å². The molecule has 0 bridgehead atoms. The first kappa shape index (κ1) is 11.3. The van der Waals surface area contributed by atoms with E-state index in [-0.39, 0.29) is 0 Å². The second-order valence-corrected chi connectivity index (χ2v) is 4.83. The average molecular weight is 241 g/mol. The molecular formula is C15H19N3. The Bertz CT molecular complexity index is 530. The molecule has 2 heterocycles. The smallest absolute Gasteiger partial charge is 0.116 e. The Labute approximate surface area is 108 Å². The summed E-state index contributed by atoms with van der Waals surface area (Å²) in [5, 5.41) is 3.47. The minimum absolute atomic E-state index is 0.434. The lowest BCUT2D eigenvalue weighted by Gasteiger charge is -2.26. The monoisotopic (exact) mass is 241 g/mol. The Morgan fingerprint density at radius 2 is 2.28 bits per heavy atom. The van der Waals surface area contributed by atoms with Crippen molar-refractivity contribution in [3.8, 4) is 0 Å². The quantitative estimate of drug-likeness (QED) is 0.894. The van der Waals surface area contributed by atoms with Crippen molar-refractivity contribution in [2.45, 2.75) is 32.2 Å². The SMILES string of the molecule is CCCn1ccnc1C1CCNc2ccccc21. The van der Waals surface area contributed by atoms with E-state index in [1.165, 1.54) is 17.1 Å². The summed E-state index contributed by atoms with van der Waals surface area (Å²) >= 11 is 0. The van der Waals surface area contributed by atoms with Crippen LogP contribution in [0.25, 0.3) is 0 Å². The molecule has 94 valence electrons. The Morgan fingerprint density at radius 3 is 3.17 bits per heavy atom. The second kappa shape index (κ2) is 4.84. The number of aromatic nitrogens is 2. The van der Waals surface area contributed by atoms with Crippen molar-refractivity contribution in [2.24, 2.45) is 0 Å². The number of anilines is 1. The molecule has 1 atom stereocenters. The van der Waals surface area contributed by atoms with Crippen LogP contribution in [0, 0.1) is 0 Å². The van der Waals surface area contributed by atoms with Crippen LogP contribution < -0.4 is 5.32 Å². The van der Waals surface area contributed by atoms with E-state index in [1.54, 1.807) is 0 Å². The number of benzene rings is 1. The van der Waals surface area contributed by atoms with Crippen molar-refractivity contribution in [3.63, 3.8) is 0 Å². The fourth-order valence-electron chi connectivity index (χ4n) is 2.80. The molecule has 0 amide bonds. The number of imidazole rings is 1. The van der Waals surface area contributed by atoms with Crippen molar-refractivity contribution in [1.29, 1.82) is 0 Å². The Balaban J connectivity index is 2.00. The standard InChI is InChI=1S/C15H19N3/c1-2-10-18-11-9-17-15(18)13-7-8-16-14-6-4-3-5-12(13)14/h3-6,9,11,13,16H,2,7-8,10H2,1H3. The molecule has 0 saturated heterocycles. The van der Waals surface area contributed by atoms with E-state index in [9.17, 15) is 0 Å². The molecule has 2 aromatic rings. The summed E-state index contributed by atoms with van der Waals surface area (Å²) < 4.78 is 2.30. The fraction of sp³-hybridized carbons (Fsp3) is 0.400. The molecule has 18 heavy (non-hydrogen) atoms. The lowest BCUT2D eigenvalue weighted by Crippen LogP contribution is -2.20. The highest BCUT2D eigenvalue weighted by molar-refractivity contribution is 5.56. The minimum Gasteiger partial charge on any atom is -0.385 e. The first-order valence-electron chi connectivity index (χ1n) is 6.74. The molecule has 0 spiro atoms. The van der Waals surface area contributed by atoms with Crippen molar-refractivity contribution < 1.29 is 0 Å². The summed E-state index contributed by atoms with van der Waals surface area (Å²) in [4.78, 5) is 4.59. The van der Waals surface area contributed by atoms with Crippen molar-refractivity contribution in [3.05, 3.63) is 48.0 Å². The Hall–Kier alpha value is -1.77. The Morgan fingerprint density at radius 1 is 1.39 bits per heavy atom. The van der Waals surface area contributed by atoms with Gasteiger partial charge < -0.3 is 9.88 Å². The molecule has 0 saturated carbocycles. The van der Waals surface area contributed by atoms with Gasteiger partial charge in [0.2, 0.25) is 0 Å². The van der Waals surface area contributed by atoms with Gasteiger partial charge in [-0.3, -0.25) is 0 Å². The molecule has 1 aliphatic rings. The first-order chi connectivity index (χ1) is 8.90. The zero-order chi connectivity index (χ0) is 12.4. The van der Waals surface area contributed by atoms with Crippen LogP contribution in [0.5, 0.6) is 0 Å². The topological polar surface area (TPSA) is 29.9 Å². The number of hydrogen-bond donors (Lipinski definition) is 1. The first-order valence-corrected chi connectivity index (χ1v) is 6.74. The van der Waals surface area contributed by atoms with Crippen LogP contribution in [0.2, 0.25) is 0 Å². The maximum atomic E-state index is 4.59. The zero-order valence-electron chi connectivity index (χ0n) is 10.8. The number of hydrogen-bond acceptors (Lipinski definition) is 2. The molecule has 0 radical (unpaired) electrons. The van der Waals surface area contributed by atoms with E-state index < -0.39 is 0 Å². The van der Waals surface area contributed by atoms with Crippen LogP contribution in [0.4, 0.5) is 5.69 Å². The third-order valence-corrected chi connectivity index (χ3v) is 3.61. The molecule has 1 aliphatic heterocycles. The number of nitrogens with one attached hydrogen (secondary N) is 1. The fourth-order valence-corrected chi connectivity index (χ4v) is 2.80. The molecule has 3 nitrogen and oxygen atoms in total. The summed E-state index contributed by atoms with van der Waals surface area (Å²) in [5.74, 6) is 1.65. The van der Waals surface area contributed by atoms with Crippen LogP contribution in [0.1, 0.15) is 37.1 Å². The van der Waals surface area contributed by atoms with Crippen LogP contribution in [-0.4, -0.2) is 16.1 Å². The normalized spacial score (nSPS) is 18.2. The van der Waals surface area contributed by atoms with Crippen LogP contribution in [-0.2, 0) is 6.54 Å². The van der Waals surface area contributed by atoms with E-state index in [0.29, 0.717) is 5.92 Å². The highest BCUT2D eigenvalue weighted by atomic mass is 15.1. The van der Waals surface area contributed by atoms with Crippen molar-refractivity contribution in [2.75, 3.05) is 11.9 Å². The third-order valence-electron chi connectivity index (χ3n) is 3.61. The number of nitrogens with zero attached hydrogens (tertiary/aromatic N) is 2. The van der Waals surface area contributed by atoms with Crippen molar-refractivity contribution in [1.82, 2.24) is 9.55 Å². The number of rotatable bonds is 3. The largest absolute Gasteiger partial charge is 0.385 e. The predicted octanol–water partition coefficient (Wildman–Crippen LogP) is 3.24. The van der Waals surface area contributed by atoms with Gasteiger partial charge in [0.1, 0.15) is 5.82 Å². The summed E-state index contributed by atoms with van der Waals surface area (Å²) in [6.45, 7) is 4.29. The maximum absolute atomic E-state index is 4.59. The highest BCUT2D eigenvalue weighted by Gasteiger charge is 2.24. The van der Waals surface area contributed by atoms with Gasteiger partial charge >= 0.3 is 0 Å². The average Bonchev–Trinajstić information content (AvgIpc) is 2.87. The molecule has 1 N–H and O–H groups in total. The lowest BCUT2D eigenvalue weighted by atomic mass is 9.90. The van der Waals surface area contributed by atoms with Gasteiger partial charge in [-0.1, -0.05) is 25.1 Å². The van der Waals surface area contributed by atoms with Gasteiger partial charge in [-0.05, 0) is 24.5 Å². The number of fused-ring (bicyclic) bond motifs is 1. The van der Waals surface area contributed by atoms with E-state index in [4.69, 9.17) is 0 Å². The summed E-state index contributed by atoms with van der Waals surface area (Å²) in [6, 6.07) is 8.59. The van der Waals surface area contributed by atoms with Crippen LogP contribution in [0.3, 0.4) is 0 Å². The molecule has 1 aromatic carbocycles. The van der Waals surface area contributed by atoms with Gasteiger partial charge in [-0.15, -0.1) is 0 Å². The highest BCUT2D eigenvalue weighted by Crippen LogP contribution is 2.35. The van der Waals surface area contributed by atoms with Gasteiger partial charge in [-0.25, -0.2) is 4.98 Å². The molecule has 0 aliphatic carbocycles. The van der Waals surface area contributed by atoms with E-state index in [0.717, 1.165) is 25.9 Å². The Kier molecular flexibility index (Phi) is 3.05. The molecular weight excluding hydrogens is 222 g/mol. The predicted molar refractivity (Wildman–Crippen MR) is 73.9 cm³/mol. The molecule has 0 fully saturated rings. The van der Waals surface area contributed by atoms with Gasteiger partial charge in [0.25, 0.3) is 0 Å². The summed E-state index contributed by atoms with van der Waals surface area (Å²) in [5.41, 5.74) is 2.65. The number of para-hydroxylation sites is 1. The van der Waals surface area contributed by atoms with E-state index >= 15 is 0 Å². The lowest BCUT2D eigenvalue weighted by molar-refractivity contribution is 0.584. The van der Waals surface area contributed by atoms with Crippen LogP contribution >= 0.6 is 0 Å². The summed E-state index contributed by atoms with van der Waals surface area (Å²) in [6.07, 6.45) is 6.30. The molecule has 1 unspecified atom stereocenters. The third kappa shape index (κ3) is 1.90. The van der Waals surface area contributed by atoms with Gasteiger partial charge in [-0.2, -0.15) is 0 Å². The molecule has 3 heteroatoms. The molecule has 1 aromatic heterocycles. The van der Waals surface area contributed by atoms with E-state index in [2.05, 4.69) is 52.3 Å². The second-order valence-electron chi connectivity index (χ2n) is 4.83. The number of aryl methyl sites for hydroxylation is 1. The van der Waals surface area contributed by atoms with E-state index in [1.807, 2.05) is 6.20 Å². The maximum Gasteiger partial charge on any atom is 0.116 e. The van der Waals surface area contributed by atoms with Gasteiger partial charge in [0.15, 0.2) is 0 Å². The van der Waals surface area contributed by atoms with Gasteiger partial charge in [0.05, 0.1) is 0 Å². The minimum atomic E-state index is 0.434. The molecule has 3 rings (SSSR count). The zero-order valence-corrected chi connectivity index (χ0v) is 10.8. The van der Waals surface area contributed by atoms with Gasteiger partial charge in [0, 0.05) is 37.1 Å².